The maximum atomic E-state index is 13.0. The van der Waals surface area contributed by atoms with Crippen molar-refractivity contribution in [3.63, 3.8) is 0 Å². The predicted octanol–water partition coefficient (Wildman–Crippen LogP) is 4.02. The molecule has 0 aromatic heterocycles. The molecule has 0 saturated carbocycles. The molecular weight excluding hydrogens is 369 g/mol. The molecular formula is C20H22FNO4S. The molecule has 0 spiro atoms. The van der Waals surface area contributed by atoms with E-state index in [4.69, 9.17) is 0 Å². The van der Waals surface area contributed by atoms with Gasteiger partial charge in [-0.05, 0) is 47.4 Å². The molecule has 2 aromatic rings. The van der Waals surface area contributed by atoms with E-state index in [0.717, 1.165) is 18.9 Å². The molecule has 0 atom stereocenters. The summed E-state index contributed by atoms with van der Waals surface area (Å²) in [7, 11) is -3.00. The van der Waals surface area contributed by atoms with E-state index in [2.05, 4.69) is 10.1 Å². The fraction of sp³-hybridized carbons (Fsp3) is 0.250. The number of methoxy groups -OCH3 is 1. The second-order valence-corrected chi connectivity index (χ2v) is 8.85. The molecule has 0 aliphatic rings. The van der Waals surface area contributed by atoms with Crippen LogP contribution in [0, 0.1) is 5.82 Å². The van der Waals surface area contributed by atoms with Crippen LogP contribution in [0.2, 0.25) is 0 Å². The van der Waals surface area contributed by atoms with Gasteiger partial charge in [0, 0.05) is 11.9 Å². The summed E-state index contributed by atoms with van der Waals surface area (Å²) in [6.45, 7) is 6.05. The Morgan fingerprint density at radius 1 is 1.04 bits per heavy atom. The van der Waals surface area contributed by atoms with Crippen LogP contribution in [-0.4, -0.2) is 21.5 Å². The Morgan fingerprint density at radius 2 is 1.59 bits per heavy atom. The van der Waals surface area contributed by atoms with Crippen LogP contribution in [0.15, 0.2) is 64.5 Å². The molecule has 0 amide bonds. The lowest BCUT2D eigenvalue weighted by molar-refractivity contribution is -0.135. The Balaban J connectivity index is 2.40. The molecule has 0 bridgehead atoms. The van der Waals surface area contributed by atoms with E-state index in [1.54, 1.807) is 12.1 Å². The lowest BCUT2D eigenvalue weighted by Crippen LogP contribution is -2.17. The first-order valence-electron chi connectivity index (χ1n) is 8.22. The SMILES string of the molecule is COC(=O)/C(=C\Nc1ccc(F)cc1)S(=O)(=O)c1ccc(C(C)(C)C)cc1. The van der Waals surface area contributed by atoms with E-state index >= 15 is 0 Å². The molecule has 27 heavy (non-hydrogen) atoms. The smallest absolute Gasteiger partial charge is 0.351 e. The van der Waals surface area contributed by atoms with Gasteiger partial charge in [0.05, 0.1) is 12.0 Å². The monoisotopic (exact) mass is 391 g/mol. The quantitative estimate of drug-likeness (QED) is 0.616. The molecule has 0 radical (unpaired) electrons. The number of ether oxygens (including phenoxy) is 1. The minimum atomic E-state index is -4.10. The first-order valence-corrected chi connectivity index (χ1v) is 9.70. The van der Waals surface area contributed by atoms with E-state index in [-0.39, 0.29) is 10.3 Å². The summed E-state index contributed by atoms with van der Waals surface area (Å²) in [5.41, 5.74) is 1.26. The van der Waals surface area contributed by atoms with Gasteiger partial charge in [0.2, 0.25) is 9.84 Å². The third-order valence-electron chi connectivity index (χ3n) is 3.92. The topological polar surface area (TPSA) is 72.5 Å². The van der Waals surface area contributed by atoms with Crippen molar-refractivity contribution in [3.8, 4) is 0 Å². The molecule has 5 nitrogen and oxygen atoms in total. The van der Waals surface area contributed by atoms with Crippen molar-refractivity contribution >= 4 is 21.5 Å². The lowest BCUT2D eigenvalue weighted by atomic mass is 9.87. The van der Waals surface area contributed by atoms with Gasteiger partial charge in [-0.1, -0.05) is 32.9 Å². The van der Waals surface area contributed by atoms with Gasteiger partial charge in [0.1, 0.15) is 5.82 Å². The highest BCUT2D eigenvalue weighted by Crippen LogP contribution is 2.26. The van der Waals surface area contributed by atoms with Gasteiger partial charge >= 0.3 is 5.97 Å². The van der Waals surface area contributed by atoms with Gasteiger partial charge in [-0.25, -0.2) is 17.6 Å². The Kier molecular flexibility index (Phi) is 6.05. The first kappa shape index (κ1) is 20.6. The Morgan fingerprint density at radius 3 is 2.07 bits per heavy atom. The van der Waals surface area contributed by atoms with Crippen LogP contribution in [0.3, 0.4) is 0 Å². The van der Waals surface area contributed by atoms with Crippen LogP contribution in [0.5, 0.6) is 0 Å². The van der Waals surface area contributed by atoms with Gasteiger partial charge in [-0.2, -0.15) is 0 Å². The second-order valence-electron chi connectivity index (χ2n) is 6.93. The standard InChI is InChI=1S/C20H22FNO4S/c1-20(2,3)14-5-11-17(12-6-14)27(24,25)18(19(23)26-4)13-22-16-9-7-15(21)8-10-16/h5-13,22H,1-4H3/b18-13+. The molecule has 0 heterocycles. The number of carbonyl (C=O) groups excluding carboxylic acids is 1. The third kappa shape index (κ3) is 4.95. The molecule has 0 unspecified atom stereocenters. The van der Waals surface area contributed by atoms with E-state index < -0.39 is 26.5 Å². The van der Waals surface area contributed by atoms with Crippen molar-refractivity contribution < 1.29 is 22.3 Å². The van der Waals surface area contributed by atoms with Crippen LogP contribution >= 0.6 is 0 Å². The summed E-state index contributed by atoms with van der Waals surface area (Å²) in [6, 6.07) is 11.6. The van der Waals surface area contributed by atoms with Gasteiger partial charge in [0.25, 0.3) is 0 Å². The zero-order valence-electron chi connectivity index (χ0n) is 15.6. The molecule has 0 aliphatic carbocycles. The largest absolute Gasteiger partial charge is 0.465 e. The number of rotatable bonds is 5. The van der Waals surface area contributed by atoms with Crippen LogP contribution < -0.4 is 5.32 Å². The molecule has 1 N–H and O–H groups in total. The van der Waals surface area contributed by atoms with Crippen LogP contribution in [0.25, 0.3) is 0 Å². The number of hydrogen-bond donors (Lipinski definition) is 1. The normalized spacial score (nSPS) is 12.6. The summed E-state index contributed by atoms with van der Waals surface area (Å²) in [5, 5.41) is 2.69. The van der Waals surface area contributed by atoms with Crippen LogP contribution in [0.4, 0.5) is 10.1 Å². The third-order valence-corrected chi connectivity index (χ3v) is 5.68. The van der Waals surface area contributed by atoms with Crippen molar-refractivity contribution in [3.05, 3.63) is 71.0 Å². The summed E-state index contributed by atoms with van der Waals surface area (Å²) in [5.74, 6) is -1.42. The van der Waals surface area contributed by atoms with Gasteiger partial charge in [-0.15, -0.1) is 0 Å². The predicted molar refractivity (Wildman–Crippen MR) is 102 cm³/mol. The van der Waals surface area contributed by atoms with Crippen molar-refractivity contribution in [1.82, 2.24) is 0 Å². The Hall–Kier alpha value is -2.67. The van der Waals surface area contributed by atoms with Crippen LogP contribution in [-0.2, 0) is 24.8 Å². The minimum Gasteiger partial charge on any atom is -0.465 e. The first-order chi connectivity index (χ1) is 12.6. The molecule has 2 aromatic carbocycles. The molecule has 144 valence electrons. The highest BCUT2D eigenvalue weighted by Gasteiger charge is 2.28. The molecule has 0 aliphatic heterocycles. The fourth-order valence-corrected chi connectivity index (χ4v) is 3.57. The highest BCUT2D eigenvalue weighted by molar-refractivity contribution is 7.96. The van der Waals surface area contributed by atoms with Crippen LogP contribution in [0.1, 0.15) is 26.3 Å². The summed E-state index contributed by atoms with van der Waals surface area (Å²) < 4.78 is 43.4. The van der Waals surface area contributed by atoms with Crippen molar-refractivity contribution in [2.45, 2.75) is 31.1 Å². The molecule has 0 saturated heterocycles. The highest BCUT2D eigenvalue weighted by atomic mass is 32.2. The Bertz CT molecular complexity index is 941. The van der Waals surface area contributed by atoms with E-state index in [9.17, 15) is 17.6 Å². The number of hydrogen-bond acceptors (Lipinski definition) is 5. The van der Waals surface area contributed by atoms with Crippen molar-refractivity contribution in [2.24, 2.45) is 0 Å². The van der Waals surface area contributed by atoms with Crippen molar-refractivity contribution in [2.75, 3.05) is 12.4 Å². The van der Waals surface area contributed by atoms with Crippen molar-refractivity contribution in [1.29, 1.82) is 0 Å². The van der Waals surface area contributed by atoms with Gasteiger partial charge in [0.15, 0.2) is 4.91 Å². The van der Waals surface area contributed by atoms with Gasteiger partial charge < -0.3 is 10.1 Å². The number of anilines is 1. The Labute approximate surface area is 158 Å². The summed E-state index contributed by atoms with van der Waals surface area (Å²) in [6.07, 6.45) is 1.05. The van der Waals surface area contributed by atoms with E-state index in [1.165, 1.54) is 36.4 Å². The zero-order chi connectivity index (χ0) is 20.2. The zero-order valence-corrected chi connectivity index (χ0v) is 16.4. The number of esters is 1. The maximum Gasteiger partial charge on any atom is 0.351 e. The number of nitrogens with one attached hydrogen (secondary N) is 1. The molecule has 2 rings (SSSR count). The molecule has 0 fully saturated rings. The lowest BCUT2D eigenvalue weighted by Gasteiger charge is -2.19. The summed E-state index contributed by atoms with van der Waals surface area (Å²) >= 11 is 0. The average molecular weight is 391 g/mol. The summed E-state index contributed by atoms with van der Waals surface area (Å²) in [4.78, 5) is 11.5. The van der Waals surface area contributed by atoms with Gasteiger partial charge in [-0.3, -0.25) is 0 Å². The fourth-order valence-electron chi connectivity index (χ4n) is 2.30. The number of sulfone groups is 1. The molecule has 7 heteroatoms. The number of carbonyl (C=O) groups is 1. The number of benzene rings is 2. The average Bonchev–Trinajstić information content (AvgIpc) is 2.62. The number of halogens is 1. The second kappa shape index (κ2) is 7.92. The maximum absolute atomic E-state index is 13.0. The van der Waals surface area contributed by atoms with E-state index in [1.807, 2.05) is 20.8 Å². The minimum absolute atomic E-state index is 0.0203. The van der Waals surface area contributed by atoms with E-state index in [0.29, 0.717) is 5.69 Å².